The van der Waals surface area contributed by atoms with Crippen LogP contribution in [0.5, 0.6) is 0 Å². The lowest BCUT2D eigenvalue weighted by molar-refractivity contribution is -0.116. The minimum atomic E-state index is 0.0143. The van der Waals surface area contributed by atoms with Gasteiger partial charge in [-0.25, -0.2) is 0 Å². The Hall–Kier alpha value is -0.830. The molecule has 0 aromatic rings. The third-order valence-electron chi connectivity index (χ3n) is 2.27. The summed E-state index contributed by atoms with van der Waals surface area (Å²) in [5, 5.41) is 6.24. The maximum absolute atomic E-state index is 11.0. The van der Waals surface area contributed by atoms with E-state index in [1.165, 1.54) is 12.8 Å². The van der Waals surface area contributed by atoms with E-state index in [0.717, 1.165) is 19.5 Å². The molecule has 1 saturated heterocycles. The van der Waals surface area contributed by atoms with Gasteiger partial charge in [0.05, 0.1) is 0 Å². The van der Waals surface area contributed by atoms with Gasteiger partial charge in [0.1, 0.15) is 0 Å². The number of hydrogen-bond donors (Lipinski definition) is 2. The van der Waals surface area contributed by atoms with Crippen LogP contribution in [-0.2, 0) is 4.79 Å². The molecular formula is C10H18N2O. The van der Waals surface area contributed by atoms with Gasteiger partial charge < -0.3 is 10.6 Å². The Morgan fingerprint density at radius 3 is 3.15 bits per heavy atom. The molecule has 1 atom stereocenters. The zero-order chi connectivity index (χ0) is 9.52. The summed E-state index contributed by atoms with van der Waals surface area (Å²) in [5.41, 5.74) is 0. The van der Waals surface area contributed by atoms with Crippen LogP contribution in [0.15, 0.2) is 12.2 Å². The summed E-state index contributed by atoms with van der Waals surface area (Å²) in [6.07, 6.45) is 6.88. The van der Waals surface area contributed by atoms with Crippen molar-refractivity contribution in [1.29, 1.82) is 0 Å². The fraction of sp³-hybridized carbons (Fsp3) is 0.700. The molecule has 0 aliphatic carbocycles. The van der Waals surface area contributed by atoms with E-state index in [0.29, 0.717) is 6.04 Å². The Labute approximate surface area is 79.6 Å². The molecule has 3 nitrogen and oxygen atoms in total. The van der Waals surface area contributed by atoms with Crippen LogP contribution in [0.3, 0.4) is 0 Å². The number of hydrogen-bond acceptors (Lipinski definition) is 2. The monoisotopic (exact) mass is 182 g/mol. The number of allylic oxidation sites excluding steroid dienone is 1. The fourth-order valence-corrected chi connectivity index (χ4v) is 1.58. The first-order valence-electron chi connectivity index (χ1n) is 4.97. The predicted molar refractivity (Wildman–Crippen MR) is 53.5 cm³/mol. The number of carbonyl (C=O) groups is 1. The van der Waals surface area contributed by atoms with Gasteiger partial charge in [-0.05, 0) is 38.8 Å². The topological polar surface area (TPSA) is 41.1 Å². The normalized spacial score (nSPS) is 22.4. The van der Waals surface area contributed by atoms with Crippen molar-refractivity contribution in [1.82, 2.24) is 10.6 Å². The van der Waals surface area contributed by atoms with Gasteiger partial charge in [-0.3, -0.25) is 4.79 Å². The van der Waals surface area contributed by atoms with Crippen molar-refractivity contribution in [3.8, 4) is 0 Å². The van der Waals surface area contributed by atoms with Gasteiger partial charge in [-0.1, -0.05) is 6.08 Å². The molecule has 1 aliphatic heterocycles. The van der Waals surface area contributed by atoms with Gasteiger partial charge >= 0.3 is 0 Å². The van der Waals surface area contributed by atoms with Gasteiger partial charge in [-0.2, -0.15) is 0 Å². The second kappa shape index (κ2) is 5.75. The number of carbonyl (C=O) groups excluding carboxylic acids is 1. The Morgan fingerprint density at radius 2 is 2.54 bits per heavy atom. The summed E-state index contributed by atoms with van der Waals surface area (Å²) in [7, 11) is 0. The first-order chi connectivity index (χ1) is 6.33. The Balaban J connectivity index is 2.02. The highest BCUT2D eigenvalue weighted by Crippen LogP contribution is 2.07. The van der Waals surface area contributed by atoms with E-state index in [-0.39, 0.29) is 5.91 Å². The average molecular weight is 182 g/mol. The third-order valence-corrected chi connectivity index (χ3v) is 2.27. The van der Waals surface area contributed by atoms with Crippen molar-refractivity contribution in [2.24, 2.45) is 0 Å². The SMILES string of the molecule is C/C=C/C(=O)NCCC1CCCN1. The van der Waals surface area contributed by atoms with Crippen LogP contribution in [0.2, 0.25) is 0 Å². The Bertz CT molecular complexity index is 183. The van der Waals surface area contributed by atoms with Crippen molar-refractivity contribution < 1.29 is 4.79 Å². The highest BCUT2D eigenvalue weighted by Gasteiger charge is 2.12. The second-order valence-corrected chi connectivity index (χ2v) is 3.37. The maximum atomic E-state index is 11.0. The van der Waals surface area contributed by atoms with E-state index in [2.05, 4.69) is 10.6 Å². The molecule has 1 heterocycles. The number of amides is 1. The molecular weight excluding hydrogens is 164 g/mol. The Kier molecular flexibility index (Phi) is 4.54. The molecule has 1 rings (SSSR count). The molecule has 1 fully saturated rings. The second-order valence-electron chi connectivity index (χ2n) is 3.37. The van der Waals surface area contributed by atoms with Gasteiger partial charge in [0.2, 0.25) is 5.91 Å². The summed E-state index contributed by atoms with van der Waals surface area (Å²) in [6.45, 7) is 3.76. The van der Waals surface area contributed by atoms with Crippen LogP contribution < -0.4 is 10.6 Å². The van der Waals surface area contributed by atoms with Gasteiger partial charge in [-0.15, -0.1) is 0 Å². The number of rotatable bonds is 4. The zero-order valence-corrected chi connectivity index (χ0v) is 8.18. The summed E-state index contributed by atoms with van der Waals surface area (Å²) >= 11 is 0. The molecule has 2 N–H and O–H groups in total. The van der Waals surface area contributed by atoms with E-state index < -0.39 is 0 Å². The van der Waals surface area contributed by atoms with E-state index >= 15 is 0 Å². The maximum Gasteiger partial charge on any atom is 0.243 e. The minimum Gasteiger partial charge on any atom is -0.353 e. The molecule has 1 unspecified atom stereocenters. The smallest absolute Gasteiger partial charge is 0.243 e. The van der Waals surface area contributed by atoms with E-state index in [1.54, 1.807) is 12.2 Å². The highest BCUT2D eigenvalue weighted by molar-refractivity contribution is 5.87. The summed E-state index contributed by atoms with van der Waals surface area (Å²) in [5.74, 6) is 0.0143. The first kappa shape index (κ1) is 10.3. The van der Waals surface area contributed by atoms with Crippen molar-refractivity contribution in [2.75, 3.05) is 13.1 Å². The van der Waals surface area contributed by atoms with Gasteiger partial charge in [0.15, 0.2) is 0 Å². The lowest BCUT2D eigenvalue weighted by Crippen LogP contribution is -2.29. The zero-order valence-electron chi connectivity index (χ0n) is 8.18. The molecule has 0 spiro atoms. The molecule has 13 heavy (non-hydrogen) atoms. The predicted octanol–water partition coefficient (Wildman–Crippen LogP) is 0.821. The van der Waals surface area contributed by atoms with Gasteiger partial charge in [0, 0.05) is 12.6 Å². The largest absolute Gasteiger partial charge is 0.353 e. The van der Waals surface area contributed by atoms with E-state index in [4.69, 9.17) is 0 Å². The standard InChI is InChI=1S/C10H18N2O/c1-2-4-10(13)12-8-6-9-5-3-7-11-9/h2,4,9,11H,3,5-8H2,1H3,(H,12,13)/b4-2+. The molecule has 1 amide bonds. The quantitative estimate of drug-likeness (QED) is 0.632. The highest BCUT2D eigenvalue weighted by atomic mass is 16.1. The van der Waals surface area contributed by atoms with Crippen molar-refractivity contribution in [3.05, 3.63) is 12.2 Å². The van der Waals surface area contributed by atoms with Crippen LogP contribution >= 0.6 is 0 Å². The van der Waals surface area contributed by atoms with Crippen LogP contribution in [-0.4, -0.2) is 25.0 Å². The van der Waals surface area contributed by atoms with Crippen molar-refractivity contribution in [3.63, 3.8) is 0 Å². The molecule has 0 bridgehead atoms. The van der Waals surface area contributed by atoms with Crippen LogP contribution in [0, 0.1) is 0 Å². The fourth-order valence-electron chi connectivity index (χ4n) is 1.58. The van der Waals surface area contributed by atoms with E-state index in [9.17, 15) is 4.79 Å². The molecule has 0 aromatic heterocycles. The minimum absolute atomic E-state index is 0.0143. The lowest BCUT2D eigenvalue weighted by Gasteiger charge is -2.09. The molecule has 1 aliphatic rings. The lowest BCUT2D eigenvalue weighted by atomic mass is 10.1. The van der Waals surface area contributed by atoms with Crippen molar-refractivity contribution in [2.45, 2.75) is 32.2 Å². The molecule has 0 aromatic carbocycles. The summed E-state index contributed by atoms with van der Waals surface area (Å²) in [6, 6.07) is 0.617. The first-order valence-corrected chi connectivity index (χ1v) is 4.97. The Morgan fingerprint density at radius 1 is 1.69 bits per heavy atom. The van der Waals surface area contributed by atoms with E-state index in [1.807, 2.05) is 6.92 Å². The van der Waals surface area contributed by atoms with Crippen LogP contribution in [0.25, 0.3) is 0 Å². The third kappa shape index (κ3) is 4.08. The van der Waals surface area contributed by atoms with Crippen molar-refractivity contribution >= 4 is 5.91 Å². The van der Waals surface area contributed by atoms with Gasteiger partial charge in [0.25, 0.3) is 0 Å². The number of nitrogens with one attached hydrogen (secondary N) is 2. The molecule has 74 valence electrons. The molecule has 0 radical (unpaired) electrons. The summed E-state index contributed by atoms with van der Waals surface area (Å²) in [4.78, 5) is 11.0. The average Bonchev–Trinajstić information content (AvgIpc) is 2.57. The molecule has 0 saturated carbocycles. The van der Waals surface area contributed by atoms with Crippen LogP contribution in [0.4, 0.5) is 0 Å². The molecule has 3 heteroatoms. The summed E-state index contributed by atoms with van der Waals surface area (Å²) < 4.78 is 0. The van der Waals surface area contributed by atoms with Crippen LogP contribution in [0.1, 0.15) is 26.2 Å².